The van der Waals surface area contributed by atoms with E-state index >= 15 is 0 Å². The number of terminal acetylenes is 1. The first-order chi connectivity index (χ1) is 7.41. The van der Waals surface area contributed by atoms with Gasteiger partial charge >= 0.3 is 0 Å². The summed E-state index contributed by atoms with van der Waals surface area (Å²) in [4.78, 5) is 0. The fourth-order valence-electron chi connectivity index (χ4n) is 1.74. The van der Waals surface area contributed by atoms with Crippen LogP contribution in [0, 0.1) is 12.3 Å². The minimum Gasteiger partial charge on any atom is -0.120 e. The van der Waals surface area contributed by atoms with Crippen LogP contribution in [-0.2, 0) is 0 Å². The van der Waals surface area contributed by atoms with Gasteiger partial charge in [0.1, 0.15) is 0 Å². The number of hydrogen-bond donors (Lipinski definition) is 0. The predicted octanol–water partition coefficient (Wildman–Crippen LogP) is 5.31. The fraction of sp³-hybridized carbons (Fsp3) is 0.857. The molecule has 0 saturated heterocycles. The summed E-state index contributed by atoms with van der Waals surface area (Å²) < 4.78 is 0. The van der Waals surface area contributed by atoms with E-state index in [2.05, 4.69) is 21.9 Å². The molecular weight excluding hydrogens is 248 g/mol. The van der Waals surface area contributed by atoms with Gasteiger partial charge in [-0.05, 0) is 12.8 Å². The molecule has 15 heavy (non-hydrogen) atoms. The van der Waals surface area contributed by atoms with Crippen molar-refractivity contribution in [1.82, 2.24) is 0 Å². The van der Waals surface area contributed by atoms with Crippen molar-refractivity contribution in [2.45, 2.75) is 70.6 Å². The number of hydrogen-bond acceptors (Lipinski definition) is 0. The van der Waals surface area contributed by atoms with Gasteiger partial charge in [0.05, 0.1) is 0 Å². The van der Waals surface area contributed by atoms with Gasteiger partial charge in [-0.2, -0.15) is 0 Å². The zero-order chi connectivity index (χ0) is 11.2. The highest BCUT2D eigenvalue weighted by atomic mass is 79.9. The summed E-state index contributed by atoms with van der Waals surface area (Å²) in [6, 6.07) is 0. The smallest absolute Gasteiger partial charge is 0.00860 e. The molecule has 0 spiro atoms. The molecule has 0 atom stereocenters. The van der Waals surface area contributed by atoms with E-state index in [1.807, 2.05) is 0 Å². The van der Waals surface area contributed by atoms with Crippen LogP contribution in [0.4, 0.5) is 0 Å². The summed E-state index contributed by atoms with van der Waals surface area (Å²) >= 11 is 3.46. The molecule has 0 saturated carbocycles. The van der Waals surface area contributed by atoms with Gasteiger partial charge in [0.25, 0.3) is 0 Å². The molecule has 0 amide bonds. The van der Waals surface area contributed by atoms with E-state index in [1.54, 1.807) is 0 Å². The maximum atomic E-state index is 5.20. The first kappa shape index (κ1) is 15.0. The van der Waals surface area contributed by atoms with E-state index in [9.17, 15) is 0 Å². The molecule has 88 valence electrons. The summed E-state index contributed by atoms with van der Waals surface area (Å²) in [5.74, 6) is 2.69. The van der Waals surface area contributed by atoms with Crippen LogP contribution in [-0.4, -0.2) is 5.33 Å². The highest BCUT2D eigenvalue weighted by molar-refractivity contribution is 9.09. The fourth-order valence-corrected chi connectivity index (χ4v) is 2.13. The largest absolute Gasteiger partial charge is 0.120 e. The lowest BCUT2D eigenvalue weighted by Crippen LogP contribution is -1.82. The van der Waals surface area contributed by atoms with E-state index in [-0.39, 0.29) is 0 Å². The van der Waals surface area contributed by atoms with E-state index in [1.165, 1.54) is 69.5 Å². The van der Waals surface area contributed by atoms with E-state index in [0.717, 1.165) is 6.42 Å². The minimum absolute atomic E-state index is 0.965. The molecule has 0 heterocycles. The molecule has 0 aliphatic heterocycles. The highest BCUT2D eigenvalue weighted by Gasteiger charge is 1.92. The second kappa shape index (κ2) is 14.0. The van der Waals surface area contributed by atoms with E-state index in [4.69, 9.17) is 6.42 Å². The minimum atomic E-state index is 0.965. The first-order valence-electron chi connectivity index (χ1n) is 6.41. The van der Waals surface area contributed by atoms with Crippen molar-refractivity contribution in [3.63, 3.8) is 0 Å². The van der Waals surface area contributed by atoms with Crippen molar-refractivity contribution in [3.05, 3.63) is 0 Å². The number of halogens is 1. The Hall–Kier alpha value is 0.0400. The molecule has 0 radical (unpaired) electrons. The summed E-state index contributed by atoms with van der Waals surface area (Å²) in [7, 11) is 0. The Morgan fingerprint density at radius 1 is 0.667 bits per heavy atom. The Morgan fingerprint density at radius 2 is 1.07 bits per heavy atom. The van der Waals surface area contributed by atoms with Crippen molar-refractivity contribution < 1.29 is 0 Å². The number of alkyl halides is 1. The van der Waals surface area contributed by atoms with Gasteiger partial charge in [-0.1, -0.05) is 67.3 Å². The van der Waals surface area contributed by atoms with Crippen LogP contribution in [0.2, 0.25) is 0 Å². The average Bonchev–Trinajstić information content (AvgIpc) is 2.26. The van der Waals surface area contributed by atoms with Crippen LogP contribution in [0.15, 0.2) is 0 Å². The lowest BCUT2D eigenvalue weighted by Gasteiger charge is -2.01. The van der Waals surface area contributed by atoms with E-state index < -0.39 is 0 Å². The monoisotopic (exact) mass is 272 g/mol. The van der Waals surface area contributed by atoms with Crippen molar-refractivity contribution in [3.8, 4) is 12.3 Å². The molecule has 0 aliphatic rings. The Kier molecular flexibility index (Phi) is 14.1. The zero-order valence-electron chi connectivity index (χ0n) is 9.94. The van der Waals surface area contributed by atoms with Crippen LogP contribution < -0.4 is 0 Å². The topological polar surface area (TPSA) is 0 Å². The summed E-state index contributed by atoms with van der Waals surface area (Å²) in [6.45, 7) is 0. The van der Waals surface area contributed by atoms with Crippen molar-refractivity contribution in [2.75, 3.05) is 5.33 Å². The lowest BCUT2D eigenvalue weighted by atomic mass is 10.1. The van der Waals surface area contributed by atoms with Crippen LogP contribution in [0.3, 0.4) is 0 Å². The summed E-state index contributed by atoms with van der Waals surface area (Å²) in [5, 5.41) is 1.17. The zero-order valence-corrected chi connectivity index (χ0v) is 11.5. The summed E-state index contributed by atoms with van der Waals surface area (Å²) in [5.41, 5.74) is 0. The van der Waals surface area contributed by atoms with Gasteiger partial charge in [0.15, 0.2) is 0 Å². The normalized spacial score (nSPS) is 10.1. The van der Waals surface area contributed by atoms with Gasteiger partial charge in [0.2, 0.25) is 0 Å². The van der Waals surface area contributed by atoms with Gasteiger partial charge in [-0.15, -0.1) is 12.3 Å². The average molecular weight is 273 g/mol. The molecular formula is C14H25Br. The molecule has 0 N–H and O–H groups in total. The van der Waals surface area contributed by atoms with Crippen LogP contribution in [0.5, 0.6) is 0 Å². The van der Waals surface area contributed by atoms with Crippen molar-refractivity contribution in [2.24, 2.45) is 0 Å². The third kappa shape index (κ3) is 14.0. The first-order valence-corrected chi connectivity index (χ1v) is 7.53. The molecule has 0 aromatic rings. The van der Waals surface area contributed by atoms with Gasteiger partial charge < -0.3 is 0 Å². The molecule has 0 nitrogen and oxygen atoms in total. The van der Waals surface area contributed by atoms with Crippen LogP contribution in [0.25, 0.3) is 0 Å². The molecule has 0 aromatic heterocycles. The van der Waals surface area contributed by atoms with Crippen LogP contribution >= 0.6 is 15.9 Å². The molecule has 0 fully saturated rings. The Labute approximate surface area is 104 Å². The number of rotatable bonds is 11. The third-order valence-corrected chi connectivity index (χ3v) is 3.27. The SMILES string of the molecule is C#CCCCCCCCCCCCCBr. The Balaban J connectivity index is 2.84. The molecule has 1 heteroatoms. The Bertz CT molecular complexity index is 146. The summed E-state index contributed by atoms with van der Waals surface area (Å²) in [6.07, 6.45) is 19.9. The molecule has 0 aromatic carbocycles. The van der Waals surface area contributed by atoms with Gasteiger partial charge in [0, 0.05) is 11.8 Å². The number of unbranched alkanes of at least 4 members (excludes halogenated alkanes) is 10. The maximum Gasteiger partial charge on any atom is 0.00860 e. The molecule has 0 rings (SSSR count). The van der Waals surface area contributed by atoms with Gasteiger partial charge in [-0.25, -0.2) is 0 Å². The van der Waals surface area contributed by atoms with Crippen molar-refractivity contribution >= 4 is 15.9 Å². The second-order valence-corrected chi connectivity index (χ2v) is 4.97. The highest BCUT2D eigenvalue weighted by Crippen LogP contribution is 2.11. The maximum absolute atomic E-state index is 5.20. The molecule has 0 unspecified atom stereocenters. The predicted molar refractivity (Wildman–Crippen MR) is 73.4 cm³/mol. The van der Waals surface area contributed by atoms with Crippen LogP contribution in [0.1, 0.15) is 70.6 Å². The van der Waals surface area contributed by atoms with E-state index in [0.29, 0.717) is 0 Å². The lowest BCUT2D eigenvalue weighted by molar-refractivity contribution is 0.559. The molecule has 0 bridgehead atoms. The quantitative estimate of drug-likeness (QED) is 0.272. The third-order valence-electron chi connectivity index (χ3n) is 2.70. The van der Waals surface area contributed by atoms with Gasteiger partial charge in [-0.3, -0.25) is 0 Å². The Morgan fingerprint density at radius 3 is 1.47 bits per heavy atom. The molecule has 0 aliphatic carbocycles. The standard InChI is InChI=1S/C14H25Br/c1-2-3-4-5-6-7-8-9-10-11-12-13-14-15/h1H,3-14H2. The van der Waals surface area contributed by atoms with Crippen molar-refractivity contribution in [1.29, 1.82) is 0 Å². The second-order valence-electron chi connectivity index (χ2n) is 4.18.